The Kier molecular flexibility index (Phi) is 6.04. The number of rotatable bonds is 5. The van der Waals surface area contributed by atoms with E-state index in [1.54, 1.807) is 58.3 Å². The molecule has 2 heterocycles. The van der Waals surface area contributed by atoms with Gasteiger partial charge in [0.1, 0.15) is 0 Å². The zero-order valence-electron chi connectivity index (χ0n) is 16.9. The first-order valence-corrected chi connectivity index (χ1v) is 10.6. The summed E-state index contributed by atoms with van der Waals surface area (Å²) in [6.45, 7) is 1.98. The van der Waals surface area contributed by atoms with Crippen LogP contribution >= 0.6 is 11.6 Å². The van der Waals surface area contributed by atoms with Gasteiger partial charge < -0.3 is 9.80 Å². The minimum atomic E-state index is -0.306. The first-order valence-electron chi connectivity index (χ1n) is 10.2. The molecule has 7 nitrogen and oxygen atoms in total. The molecule has 0 bridgehead atoms. The fraction of sp³-hybridized carbons (Fsp3) is 0.304. The third kappa shape index (κ3) is 4.18. The number of hydrogen-bond donors (Lipinski definition) is 0. The van der Waals surface area contributed by atoms with E-state index in [0.717, 1.165) is 0 Å². The second kappa shape index (κ2) is 8.89. The van der Waals surface area contributed by atoms with Crippen LogP contribution in [0, 0.1) is 0 Å². The summed E-state index contributed by atoms with van der Waals surface area (Å²) in [5.74, 6) is -0.788. The van der Waals surface area contributed by atoms with Crippen molar-refractivity contribution in [2.75, 3.05) is 32.7 Å². The number of nitrogens with zero attached hydrogens (tertiary/aromatic N) is 3. The van der Waals surface area contributed by atoms with Crippen LogP contribution in [0.1, 0.15) is 43.9 Å². The van der Waals surface area contributed by atoms with Crippen molar-refractivity contribution in [3.63, 3.8) is 0 Å². The lowest BCUT2D eigenvalue weighted by Crippen LogP contribution is -2.50. The molecule has 2 aromatic carbocycles. The van der Waals surface area contributed by atoms with Crippen molar-refractivity contribution in [2.24, 2.45) is 0 Å². The molecule has 0 N–H and O–H groups in total. The van der Waals surface area contributed by atoms with Gasteiger partial charge in [0.25, 0.3) is 17.7 Å². The maximum atomic E-state index is 12.6. The summed E-state index contributed by atoms with van der Waals surface area (Å²) in [7, 11) is 0. The predicted octanol–water partition coefficient (Wildman–Crippen LogP) is 2.70. The minimum absolute atomic E-state index is 0.0403. The van der Waals surface area contributed by atoms with Crippen LogP contribution in [0.25, 0.3) is 0 Å². The molecule has 160 valence electrons. The zero-order valence-corrected chi connectivity index (χ0v) is 17.7. The second-order valence-corrected chi connectivity index (χ2v) is 7.97. The molecule has 2 aliphatic heterocycles. The van der Waals surface area contributed by atoms with Crippen molar-refractivity contribution in [1.82, 2.24) is 14.7 Å². The van der Waals surface area contributed by atoms with Gasteiger partial charge in [-0.2, -0.15) is 0 Å². The van der Waals surface area contributed by atoms with Gasteiger partial charge in [-0.1, -0.05) is 35.9 Å². The molecule has 1 saturated heterocycles. The van der Waals surface area contributed by atoms with E-state index in [1.165, 1.54) is 4.90 Å². The topological polar surface area (TPSA) is 78.0 Å². The summed E-state index contributed by atoms with van der Waals surface area (Å²) in [6.07, 6.45) is 0.648. The van der Waals surface area contributed by atoms with Crippen LogP contribution in [0.3, 0.4) is 0 Å². The smallest absolute Gasteiger partial charge is 0.261 e. The molecule has 0 radical (unpaired) electrons. The van der Waals surface area contributed by atoms with Gasteiger partial charge in [-0.3, -0.25) is 24.1 Å². The summed E-state index contributed by atoms with van der Waals surface area (Å²) >= 11 is 6.11. The molecule has 0 saturated carbocycles. The van der Waals surface area contributed by atoms with E-state index in [0.29, 0.717) is 54.3 Å². The molecule has 0 aliphatic carbocycles. The largest absolute Gasteiger partial charge is 0.339 e. The highest BCUT2D eigenvalue weighted by molar-refractivity contribution is 6.33. The first-order chi connectivity index (χ1) is 15.0. The van der Waals surface area contributed by atoms with Crippen LogP contribution in [-0.4, -0.2) is 71.1 Å². The van der Waals surface area contributed by atoms with Crippen molar-refractivity contribution in [3.8, 4) is 0 Å². The van der Waals surface area contributed by atoms with E-state index in [1.807, 2.05) is 0 Å². The highest BCUT2D eigenvalue weighted by Gasteiger charge is 2.34. The van der Waals surface area contributed by atoms with Crippen LogP contribution in [0.15, 0.2) is 48.5 Å². The van der Waals surface area contributed by atoms with E-state index in [9.17, 15) is 19.2 Å². The van der Waals surface area contributed by atoms with Crippen molar-refractivity contribution >= 4 is 35.2 Å². The Balaban J connectivity index is 1.25. The fourth-order valence-electron chi connectivity index (χ4n) is 3.95. The molecule has 1 fully saturated rings. The highest BCUT2D eigenvalue weighted by atomic mass is 35.5. The third-order valence-electron chi connectivity index (χ3n) is 5.67. The van der Waals surface area contributed by atoms with Crippen LogP contribution in [0.2, 0.25) is 5.02 Å². The summed E-state index contributed by atoms with van der Waals surface area (Å²) in [4.78, 5) is 54.6. The first kappa shape index (κ1) is 21.1. The summed E-state index contributed by atoms with van der Waals surface area (Å²) in [5.41, 5.74) is 1.29. The van der Waals surface area contributed by atoms with E-state index in [-0.39, 0.29) is 36.6 Å². The van der Waals surface area contributed by atoms with E-state index in [4.69, 9.17) is 11.6 Å². The Hall–Kier alpha value is -3.19. The number of fused-ring (bicyclic) bond motifs is 1. The van der Waals surface area contributed by atoms with Gasteiger partial charge in [0, 0.05) is 39.1 Å². The van der Waals surface area contributed by atoms with E-state index >= 15 is 0 Å². The Bertz CT molecular complexity index is 1010. The van der Waals surface area contributed by atoms with Crippen molar-refractivity contribution < 1.29 is 19.2 Å². The Morgan fingerprint density at radius 2 is 1.35 bits per heavy atom. The molecule has 0 spiro atoms. The molecule has 2 aliphatic rings. The summed E-state index contributed by atoms with van der Waals surface area (Å²) < 4.78 is 0. The zero-order chi connectivity index (χ0) is 22.0. The van der Waals surface area contributed by atoms with E-state index in [2.05, 4.69) is 0 Å². The molecule has 0 unspecified atom stereocenters. The molecule has 4 rings (SSSR count). The lowest BCUT2D eigenvalue weighted by molar-refractivity contribution is -0.132. The van der Waals surface area contributed by atoms with Gasteiger partial charge in [-0.15, -0.1) is 0 Å². The number of carbonyl (C=O) groups is 4. The lowest BCUT2D eigenvalue weighted by Gasteiger charge is -2.35. The van der Waals surface area contributed by atoms with E-state index < -0.39 is 0 Å². The van der Waals surface area contributed by atoms with Crippen LogP contribution in [0.4, 0.5) is 0 Å². The molecule has 4 amide bonds. The number of imide groups is 1. The summed E-state index contributed by atoms with van der Waals surface area (Å²) in [6, 6.07) is 13.7. The Morgan fingerprint density at radius 1 is 0.806 bits per heavy atom. The normalized spacial score (nSPS) is 16.0. The Labute approximate surface area is 185 Å². The van der Waals surface area contributed by atoms with Crippen LogP contribution in [0.5, 0.6) is 0 Å². The van der Waals surface area contributed by atoms with Gasteiger partial charge in [0.15, 0.2) is 0 Å². The third-order valence-corrected chi connectivity index (χ3v) is 6.00. The van der Waals surface area contributed by atoms with Gasteiger partial charge in [-0.25, -0.2) is 0 Å². The van der Waals surface area contributed by atoms with Gasteiger partial charge in [0.2, 0.25) is 5.91 Å². The van der Waals surface area contributed by atoms with Crippen molar-refractivity contribution in [2.45, 2.75) is 12.8 Å². The second-order valence-electron chi connectivity index (χ2n) is 7.56. The monoisotopic (exact) mass is 439 g/mol. The van der Waals surface area contributed by atoms with Crippen LogP contribution in [-0.2, 0) is 4.79 Å². The standard InChI is InChI=1S/C23H22ClN3O4/c24-19-9-4-3-8-18(19)21(29)26-14-12-25(13-15-26)20(28)10-5-11-27-22(30)16-6-1-2-7-17(16)23(27)31/h1-4,6-9H,5,10-15H2. The molecule has 8 heteroatoms. The number of halogens is 1. The molecule has 2 aromatic rings. The quantitative estimate of drug-likeness (QED) is 0.671. The average molecular weight is 440 g/mol. The maximum Gasteiger partial charge on any atom is 0.261 e. The molecule has 0 atom stereocenters. The average Bonchev–Trinajstić information content (AvgIpc) is 3.04. The van der Waals surface area contributed by atoms with Crippen LogP contribution < -0.4 is 0 Å². The van der Waals surface area contributed by atoms with Gasteiger partial charge in [-0.05, 0) is 30.7 Å². The van der Waals surface area contributed by atoms with Gasteiger partial charge in [0.05, 0.1) is 21.7 Å². The number of piperazine rings is 1. The van der Waals surface area contributed by atoms with Gasteiger partial charge >= 0.3 is 0 Å². The fourth-order valence-corrected chi connectivity index (χ4v) is 4.17. The molecule has 31 heavy (non-hydrogen) atoms. The van der Waals surface area contributed by atoms with Crippen molar-refractivity contribution in [3.05, 3.63) is 70.2 Å². The number of carbonyl (C=O) groups excluding carboxylic acids is 4. The molecule has 0 aromatic heterocycles. The van der Waals surface area contributed by atoms with Crippen molar-refractivity contribution in [1.29, 1.82) is 0 Å². The lowest BCUT2D eigenvalue weighted by atomic mass is 10.1. The SMILES string of the molecule is O=C(CCCN1C(=O)c2ccccc2C1=O)N1CCN(C(=O)c2ccccc2Cl)CC1. The highest BCUT2D eigenvalue weighted by Crippen LogP contribution is 2.23. The Morgan fingerprint density at radius 3 is 1.97 bits per heavy atom. The maximum absolute atomic E-state index is 12.6. The minimum Gasteiger partial charge on any atom is -0.339 e. The predicted molar refractivity (Wildman–Crippen MR) is 115 cm³/mol. The summed E-state index contributed by atoms with van der Waals surface area (Å²) in [5, 5.41) is 0.416. The molecular formula is C23H22ClN3O4. The number of amides is 4. The molecular weight excluding hydrogens is 418 g/mol. The number of benzene rings is 2. The number of hydrogen-bond acceptors (Lipinski definition) is 4.